The molecule has 0 bridgehead atoms. The van der Waals surface area contributed by atoms with Crippen LogP contribution in [-0.4, -0.2) is 52.3 Å². The molecule has 0 spiro atoms. The van der Waals surface area contributed by atoms with Crippen LogP contribution in [0.15, 0.2) is 53.5 Å². The van der Waals surface area contributed by atoms with Gasteiger partial charge in [-0.15, -0.1) is 0 Å². The first-order valence-electron chi connectivity index (χ1n) is 8.92. The average Bonchev–Trinajstić information content (AvgIpc) is 2.71. The van der Waals surface area contributed by atoms with Crippen LogP contribution in [0, 0.1) is 0 Å². The van der Waals surface area contributed by atoms with Crippen molar-refractivity contribution in [3.8, 4) is 11.5 Å². The zero-order valence-electron chi connectivity index (χ0n) is 16.6. The number of benzene rings is 2. The number of methoxy groups -OCH3 is 2. The van der Waals surface area contributed by atoms with Crippen molar-refractivity contribution in [1.82, 2.24) is 10.2 Å². The Kier molecular flexibility index (Phi) is 8.45. The Balaban J connectivity index is 1.81. The molecule has 0 heterocycles. The van der Waals surface area contributed by atoms with Crippen molar-refractivity contribution in [3.05, 3.63) is 59.7 Å². The largest absolute Gasteiger partial charge is 0.497 e. The van der Waals surface area contributed by atoms with E-state index in [9.17, 15) is 0 Å². The number of ether oxygens (including phenoxy) is 3. The average molecular weight is 371 g/mol. The van der Waals surface area contributed by atoms with Gasteiger partial charge in [0.25, 0.3) is 0 Å². The van der Waals surface area contributed by atoms with Gasteiger partial charge in [0, 0.05) is 38.8 Å². The second-order valence-corrected chi connectivity index (χ2v) is 6.05. The lowest BCUT2D eigenvalue weighted by Crippen LogP contribution is -2.40. The molecule has 27 heavy (non-hydrogen) atoms. The van der Waals surface area contributed by atoms with E-state index in [1.165, 1.54) is 5.56 Å². The van der Waals surface area contributed by atoms with E-state index in [1.807, 2.05) is 48.3 Å². The highest BCUT2D eigenvalue weighted by Crippen LogP contribution is 2.25. The summed E-state index contributed by atoms with van der Waals surface area (Å²) in [7, 11) is 7.07. The molecule has 2 aromatic carbocycles. The summed E-state index contributed by atoms with van der Waals surface area (Å²) in [6, 6.07) is 16.0. The lowest BCUT2D eigenvalue weighted by molar-refractivity contribution is 0.125. The third kappa shape index (κ3) is 6.49. The van der Waals surface area contributed by atoms with Crippen molar-refractivity contribution in [2.24, 2.45) is 4.99 Å². The molecule has 6 nitrogen and oxygen atoms in total. The van der Waals surface area contributed by atoms with Gasteiger partial charge >= 0.3 is 0 Å². The fourth-order valence-electron chi connectivity index (χ4n) is 2.70. The predicted molar refractivity (Wildman–Crippen MR) is 108 cm³/mol. The molecule has 0 aliphatic heterocycles. The maximum atomic E-state index is 5.70. The molecule has 146 valence electrons. The van der Waals surface area contributed by atoms with Gasteiger partial charge in [0.1, 0.15) is 11.5 Å². The zero-order chi connectivity index (χ0) is 19.5. The second-order valence-electron chi connectivity index (χ2n) is 6.05. The molecule has 0 fully saturated rings. The molecule has 1 N–H and O–H groups in total. The van der Waals surface area contributed by atoms with Crippen LogP contribution in [-0.2, 0) is 17.9 Å². The summed E-state index contributed by atoms with van der Waals surface area (Å²) in [4.78, 5) is 6.38. The molecule has 0 radical (unpaired) electrons. The van der Waals surface area contributed by atoms with Gasteiger partial charge in [0.2, 0.25) is 0 Å². The van der Waals surface area contributed by atoms with E-state index in [0.29, 0.717) is 26.3 Å². The van der Waals surface area contributed by atoms with Gasteiger partial charge in [0.15, 0.2) is 5.96 Å². The van der Waals surface area contributed by atoms with Crippen molar-refractivity contribution in [1.29, 1.82) is 0 Å². The molecule has 0 saturated heterocycles. The van der Waals surface area contributed by atoms with Crippen LogP contribution in [0.2, 0.25) is 0 Å². The summed E-state index contributed by atoms with van der Waals surface area (Å²) >= 11 is 0. The molecule has 6 heteroatoms. The highest BCUT2D eigenvalue weighted by Gasteiger charge is 2.11. The monoisotopic (exact) mass is 371 g/mol. The van der Waals surface area contributed by atoms with Crippen LogP contribution in [0.4, 0.5) is 0 Å². The quantitative estimate of drug-likeness (QED) is 0.417. The highest BCUT2D eigenvalue weighted by molar-refractivity contribution is 5.79. The fraction of sp³-hybridized carbons (Fsp3) is 0.381. The minimum absolute atomic E-state index is 0.605. The van der Waals surface area contributed by atoms with Crippen LogP contribution in [0.25, 0.3) is 0 Å². The van der Waals surface area contributed by atoms with Gasteiger partial charge in [-0.3, -0.25) is 4.99 Å². The highest BCUT2D eigenvalue weighted by atomic mass is 16.5. The third-order valence-corrected chi connectivity index (χ3v) is 4.12. The SMILES string of the molecule is CN=C(NCCOCc1ccccc1)N(C)Cc1ccc(OC)cc1OC. The fourth-order valence-corrected chi connectivity index (χ4v) is 2.70. The van der Waals surface area contributed by atoms with Gasteiger partial charge in [-0.25, -0.2) is 0 Å². The van der Waals surface area contributed by atoms with E-state index < -0.39 is 0 Å². The van der Waals surface area contributed by atoms with E-state index in [0.717, 1.165) is 23.0 Å². The van der Waals surface area contributed by atoms with Crippen molar-refractivity contribution in [2.75, 3.05) is 41.5 Å². The first kappa shape index (κ1) is 20.6. The Morgan fingerprint density at radius 1 is 1.07 bits per heavy atom. The maximum absolute atomic E-state index is 5.70. The number of aliphatic imine (C=N–C) groups is 1. The molecule has 0 amide bonds. The van der Waals surface area contributed by atoms with Crippen molar-refractivity contribution in [2.45, 2.75) is 13.2 Å². The Morgan fingerprint density at radius 3 is 2.52 bits per heavy atom. The van der Waals surface area contributed by atoms with Crippen LogP contribution in [0.3, 0.4) is 0 Å². The lowest BCUT2D eigenvalue weighted by atomic mass is 10.2. The smallest absolute Gasteiger partial charge is 0.193 e. The van der Waals surface area contributed by atoms with Crippen molar-refractivity contribution in [3.63, 3.8) is 0 Å². The summed E-state index contributed by atoms with van der Waals surface area (Å²) in [5, 5.41) is 3.32. The van der Waals surface area contributed by atoms with Crippen molar-refractivity contribution < 1.29 is 14.2 Å². The number of nitrogens with zero attached hydrogens (tertiary/aromatic N) is 2. The molecule has 0 aromatic heterocycles. The topological polar surface area (TPSA) is 55.3 Å². The van der Waals surface area contributed by atoms with E-state index >= 15 is 0 Å². The molecule has 2 rings (SSSR count). The van der Waals surface area contributed by atoms with Crippen LogP contribution in [0.5, 0.6) is 11.5 Å². The number of rotatable bonds is 9. The van der Waals surface area contributed by atoms with Crippen molar-refractivity contribution >= 4 is 5.96 Å². The normalized spacial score (nSPS) is 11.2. The minimum Gasteiger partial charge on any atom is -0.497 e. The van der Waals surface area contributed by atoms with E-state index in [-0.39, 0.29) is 0 Å². The molecular formula is C21H29N3O3. The molecule has 0 aliphatic rings. The molecular weight excluding hydrogens is 342 g/mol. The Bertz CT molecular complexity index is 720. The van der Waals surface area contributed by atoms with Crippen LogP contribution >= 0.6 is 0 Å². The summed E-state index contributed by atoms with van der Waals surface area (Å²) in [6.07, 6.45) is 0. The zero-order valence-corrected chi connectivity index (χ0v) is 16.6. The molecule has 0 saturated carbocycles. The molecule has 0 aliphatic carbocycles. The molecule has 2 aromatic rings. The Hall–Kier alpha value is -2.73. The van der Waals surface area contributed by atoms with E-state index in [1.54, 1.807) is 21.3 Å². The van der Waals surface area contributed by atoms with Gasteiger partial charge in [0.05, 0.1) is 27.4 Å². The predicted octanol–water partition coefficient (Wildman–Crippen LogP) is 2.93. The lowest BCUT2D eigenvalue weighted by Gasteiger charge is -2.23. The first-order chi connectivity index (χ1) is 13.2. The summed E-state index contributed by atoms with van der Waals surface area (Å²) in [5.74, 6) is 2.37. The second kappa shape index (κ2) is 11.1. The van der Waals surface area contributed by atoms with Crippen LogP contribution < -0.4 is 14.8 Å². The molecule has 0 atom stereocenters. The van der Waals surface area contributed by atoms with Gasteiger partial charge < -0.3 is 24.4 Å². The first-order valence-corrected chi connectivity index (χ1v) is 8.92. The van der Waals surface area contributed by atoms with Gasteiger partial charge in [-0.2, -0.15) is 0 Å². The summed E-state index contributed by atoms with van der Waals surface area (Å²) < 4.78 is 16.4. The Labute approximate surface area is 161 Å². The Morgan fingerprint density at radius 2 is 1.85 bits per heavy atom. The van der Waals surface area contributed by atoms with Gasteiger partial charge in [-0.1, -0.05) is 30.3 Å². The third-order valence-electron chi connectivity index (χ3n) is 4.12. The van der Waals surface area contributed by atoms with Crippen LogP contribution in [0.1, 0.15) is 11.1 Å². The number of hydrogen-bond donors (Lipinski definition) is 1. The maximum Gasteiger partial charge on any atom is 0.193 e. The summed E-state index contributed by atoms with van der Waals surface area (Å²) in [6.45, 7) is 2.56. The number of guanidine groups is 1. The number of nitrogens with one attached hydrogen (secondary N) is 1. The number of hydrogen-bond acceptors (Lipinski definition) is 4. The molecule has 0 unspecified atom stereocenters. The standard InChI is InChI=1S/C21H29N3O3/c1-22-21(23-12-13-27-16-17-8-6-5-7-9-17)24(2)15-18-10-11-19(25-3)14-20(18)26-4/h5-11,14H,12-13,15-16H2,1-4H3,(H,22,23). The van der Waals surface area contributed by atoms with E-state index in [2.05, 4.69) is 22.4 Å². The van der Waals surface area contributed by atoms with Gasteiger partial charge in [-0.05, 0) is 17.7 Å². The summed E-state index contributed by atoms with van der Waals surface area (Å²) in [5.41, 5.74) is 2.23. The minimum atomic E-state index is 0.605. The van der Waals surface area contributed by atoms with E-state index in [4.69, 9.17) is 14.2 Å².